The van der Waals surface area contributed by atoms with Gasteiger partial charge in [-0.2, -0.15) is 0 Å². The second kappa shape index (κ2) is 4.20. The van der Waals surface area contributed by atoms with Crippen LogP contribution in [0.5, 0.6) is 0 Å². The van der Waals surface area contributed by atoms with Crippen LogP contribution in [0.15, 0.2) is 0 Å². The van der Waals surface area contributed by atoms with Crippen LogP contribution >= 0.6 is 0 Å². The summed E-state index contributed by atoms with van der Waals surface area (Å²) >= 11 is 0. The van der Waals surface area contributed by atoms with E-state index in [0.29, 0.717) is 0 Å². The van der Waals surface area contributed by atoms with Gasteiger partial charge in [-0.25, -0.2) is 0 Å². The van der Waals surface area contributed by atoms with Crippen LogP contribution in [0, 0.1) is 30.1 Å². The Kier molecular flexibility index (Phi) is 3.49. The van der Waals surface area contributed by atoms with E-state index in [1.165, 1.54) is 19.3 Å². The van der Waals surface area contributed by atoms with Crippen LogP contribution in [0.2, 0.25) is 0 Å². The molecule has 0 heteroatoms. The molecule has 12 heavy (non-hydrogen) atoms. The highest BCUT2D eigenvalue weighted by Crippen LogP contribution is 2.52. The summed E-state index contributed by atoms with van der Waals surface area (Å²) in [6.07, 6.45) is 6.53. The number of hydrogen-bond donors (Lipinski definition) is 0. The Morgan fingerprint density at radius 3 is 2.08 bits per heavy atom. The van der Waals surface area contributed by atoms with Gasteiger partial charge in [-0.05, 0) is 24.7 Å². The Hall–Kier alpha value is -0.130. The van der Waals surface area contributed by atoms with Gasteiger partial charge in [-0.15, -0.1) is 0 Å². The van der Waals surface area contributed by atoms with Gasteiger partial charge < -0.3 is 0 Å². The third-order valence-corrected chi connectivity index (χ3v) is 3.63. The Balaban J connectivity index is 2.26. The fraction of sp³-hybridized carbons (Fsp3) is 0.917. The summed E-state index contributed by atoms with van der Waals surface area (Å²) in [6, 6.07) is 0. The van der Waals surface area contributed by atoms with E-state index in [0.717, 1.165) is 23.7 Å². The predicted molar refractivity (Wildman–Crippen MR) is 54.8 cm³/mol. The summed E-state index contributed by atoms with van der Waals surface area (Å²) in [5.41, 5.74) is 0. The zero-order valence-corrected chi connectivity index (χ0v) is 9.01. The number of rotatable bonds is 5. The molecule has 0 aromatic carbocycles. The fourth-order valence-electron chi connectivity index (χ4n) is 2.46. The standard InChI is InChI=1S/C12H23/c1-5-7-8-11(6-2)12-9(3)10(12)4/h8-12H,5-7H2,1-4H3/q+1. The van der Waals surface area contributed by atoms with E-state index >= 15 is 0 Å². The number of unbranched alkanes of at least 4 members (excludes halogenated alkanes) is 1. The molecule has 1 rings (SSSR count). The van der Waals surface area contributed by atoms with Crippen molar-refractivity contribution >= 4 is 0 Å². The minimum absolute atomic E-state index is 0.912. The first-order valence-electron chi connectivity index (χ1n) is 5.55. The van der Waals surface area contributed by atoms with Crippen molar-refractivity contribution in [3.63, 3.8) is 0 Å². The summed E-state index contributed by atoms with van der Waals surface area (Å²) in [5.74, 6) is 3.91. The Bertz CT molecular complexity index is 120. The van der Waals surface area contributed by atoms with Gasteiger partial charge in [0.25, 0.3) is 0 Å². The van der Waals surface area contributed by atoms with Crippen molar-refractivity contribution in [2.75, 3.05) is 0 Å². The lowest BCUT2D eigenvalue weighted by atomic mass is 9.92. The van der Waals surface area contributed by atoms with Crippen LogP contribution in [0.3, 0.4) is 0 Å². The fourth-order valence-corrected chi connectivity index (χ4v) is 2.46. The average Bonchev–Trinajstić information content (AvgIpc) is 2.64. The molecule has 0 aromatic heterocycles. The molecule has 1 aliphatic carbocycles. The molecule has 0 radical (unpaired) electrons. The molecule has 0 nitrogen and oxygen atoms in total. The first-order chi connectivity index (χ1) is 5.72. The van der Waals surface area contributed by atoms with Gasteiger partial charge in [0.05, 0.1) is 12.8 Å². The monoisotopic (exact) mass is 167 g/mol. The molecule has 0 bridgehead atoms. The summed E-state index contributed by atoms with van der Waals surface area (Å²) in [5, 5.41) is 0. The van der Waals surface area contributed by atoms with Gasteiger partial charge in [0.2, 0.25) is 0 Å². The van der Waals surface area contributed by atoms with Crippen molar-refractivity contribution in [3.8, 4) is 0 Å². The molecule has 1 fully saturated rings. The molecule has 70 valence electrons. The largest absolute Gasteiger partial charge is 0.101 e. The minimum Gasteiger partial charge on any atom is -0.0618 e. The van der Waals surface area contributed by atoms with Gasteiger partial charge in [-0.1, -0.05) is 27.7 Å². The zero-order chi connectivity index (χ0) is 9.14. The summed E-state index contributed by atoms with van der Waals surface area (Å²) in [4.78, 5) is 0. The molecule has 0 saturated heterocycles. The van der Waals surface area contributed by atoms with Gasteiger partial charge in [0, 0.05) is 5.92 Å². The predicted octanol–water partition coefficient (Wildman–Crippen LogP) is 3.92. The molecule has 0 amide bonds. The molecule has 3 unspecified atom stereocenters. The highest BCUT2D eigenvalue weighted by molar-refractivity contribution is 4.98. The van der Waals surface area contributed by atoms with Crippen molar-refractivity contribution in [2.24, 2.45) is 23.7 Å². The smallest absolute Gasteiger partial charge is 0.0618 e. The van der Waals surface area contributed by atoms with Gasteiger partial charge in [0.15, 0.2) is 0 Å². The van der Waals surface area contributed by atoms with Crippen molar-refractivity contribution < 1.29 is 0 Å². The quantitative estimate of drug-likeness (QED) is 0.544. The van der Waals surface area contributed by atoms with Crippen LogP contribution in [0.1, 0.15) is 47.0 Å². The van der Waals surface area contributed by atoms with Crippen LogP contribution in [-0.2, 0) is 0 Å². The third kappa shape index (κ3) is 1.97. The van der Waals surface area contributed by atoms with E-state index in [2.05, 4.69) is 34.1 Å². The zero-order valence-electron chi connectivity index (χ0n) is 9.01. The van der Waals surface area contributed by atoms with E-state index in [9.17, 15) is 0 Å². The van der Waals surface area contributed by atoms with Crippen LogP contribution < -0.4 is 0 Å². The molecular formula is C12H23+. The van der Waals surface area contributed by atoms with E-state index in [4.69, 9.17) is 0 Å². The van der Waals surface area contributed by atoms with Crippen LogP contribution in [-0.4, -0.2) is 0 Å². The lowest BCUT2D eigenvalue weighted by molar-refractivity contribution is 0.457. The normalized spacial score (nSPS) is 36.2. The summed E-state index contributed by atoms with van der Waals surface area (Å²) < 4.78 is 0. The van der Waals surface area contributed by atoms with Gasteiger partial charge in [-0.3, -0.25) is 0 Å². The maximum absolute atomic E-state index is 2.56. The van der Waals surface area contributed by atoms with Gasteiger partial charge >= 0.3 is 0 Å². The van der Waals surface area contributed by atoms with E-state index < -0.39 is 0 Å². The van der Waals surface area contributed by atoms with Gasteiger partial charge in [0.1, 0.15) is 5.92 Å². The van der Waals surface area contributed by atoms with Crippen LogP contribution in [0.4, 0.5) is 0 Å². The highest BCUT2D eigenvalue weighted by atomic mass is 14.5. The van der Waals surface area contributed by atoms with Crippen LogP contribution in [0.25, 0.3) is 0 Å². The third-order valence-electron chi connectivity index (χ3n) is 3.63. The first-order valence-corrected chi connectivity index (χ1v) is 5.55. The Morgan fingerprint density at radius 1 is 1.17 bits per heavy atom. The Morgan fingerprint density at radius 2 is 1.75 bits per heavy atom. The average molecular weight is 167 g/mol. The second-order valence-corrected chi connectivity index (χ2v) is 4.39. The summed E-state index contributed by atoms with van der Waals surface area (Å²) in [7, 11) is 0. The maximum Gasteiger partial charge on any atom is 0.101 e. The lowest BCUT2D eigenvalue weighted by Gasteiger charge is -2.04. The van der Waals surface area contributed by atoms with Crippen molar-refractivity contribution in [2.45, 2.75) is 47.0 Å². The SMILES string of the molecule is CCC[CH+]C(CC)C1C(C)C1C. The first kappa shape index (κ1) is 9.95. The van der Waals surface area contributed by atoms with E-state index in [1.54, 1.807) is 0 Å². The Labute approximate surface area is 77.7 Å². The molecule has 0 aliphatic heterocycles. The number of hydrogen-bond acceptors (Lipinski definition) is 0. The molecule has 1 aliphatic rings. The van der Waals surface area contributed by atoms with Crippen molar-refractivity contribution in [1.29, 1.82) is 0 Å². The van der Waals surface area contributed by atoms with Crippen molar-refractivity contribution in [1.82, 2.24) is 0 Å². The molecule has 0 aromatic rings. The lowest BCUT2D eigenvalue weighted by Crippen LogP contribution is -2.04. The topological polar surface area (TPSA) is 0 Å². The molecule has 0 N–H and O–H groups in total. The molecular weight excluding hydrogens is 144 g/mol. The maximum atomic E-state index is 2.56. The highest BCUT2D eigenvalue weighted by Gasteiger charge is 2.50. The van der Waals surface area contributed by atoms with E-state index in [-0.39, 0.29) is 0 Å². The molecule has 1 saturated carbocycles. The summed E-state index contributed by atoms with van der Waals surface area (Å²) in [6.45, 7) is 9.40. The molecule has 0 heterocycles. The van der Waals surface area contributed by atoms with Crippen molar-refractivity contribution in [3.05, 3.63) is 6.42 Å². The van der Waals surface area contributed by atoms with E-state index in [1.807, 2.05) is 0 Å². The molecule has 0 spiro atoms. The molecule has 3 atom stereocenters. The second-order valence-electron chi connectivity index (χ2n) is 4.39. The minimum atomic E-state index is 0.912.